The van der Waals surface area contributed by atoms with Gasteiger partial charge in [0.05, 0.1) is 13.2 Å². The molecule has 3 nitrogen and oxygen atoms in total. The number of ether oxygens (including phenoxy) is 1. The summed E-state index contributed by atoms with van der Waals surface area (Å²) in [5.74, 6) is 0. The Morgan fingerprint density at radius 1 is 1.29 bits per heavy atom. The van der Waals surface area contributed by atoms with E-state index in [1.54, 1.807) is 0 Å². The maximum Gasteiger partial charge on any atom is 0.0594 e. The average Bonchev–Trinajstić information content (AvgIpc) is 2.23. The zero-order valence-corrected chi connectivity index (χ0v) is 9.26. The Hall–Kier alpha value is -0.0300. The molecule has 1 saturated heterocycles. The summed E-state index contributed by atoms with van der Waals surface area (Å²) in [7, 11) is 0. The molecule has 2 fully saturated rings. The van der Waals surface area contributed by atoms with E-state index in [0.717, 1.165) is 44.0 Å². The molecule has 2 aliphatic rings. The highest BCUT2D eigenvalue weighted by molar-refractivity contribution is 7.80. The molecule has 0 spiro atoms. The molecule has 2 unspecified atom stereocenters. The minimum Gasteiger partial charge on any atom is -0.379 e. The van der Waals surface area contributed by atoms with Crippen LogP contribution in [-0.2, 0) is 4.74 Å². The van der Waals surface area contributed by atoms with Crippen LogP contribution in [0.4, 0.5) is 0 Å². The van der Waals surface area contributed by atoms with Gasteiger partial charge in [-0.1, -0.05) is 12.2 Å². The summed E-state index contributed by atoms with van der Waals surface area (Å²) in [4.78, 5) is 3.56. The summed E-state index contributed by atoms with van der Waals surface area (Å²) in [5.41, 5.74) is 5.89. The summed E-state index contributed by atoms with van der Waals surface area (Å²) in [6, 6.07) is 0.800. The zero-order valence-electron chi connectivity index (χ0n) is 8.45. The van der Waals surface area contributed by atoms with Crippen molar-refractivity contribution in [1.82, 2.24) is 4.90 Å². The molecule has 0 aromatic rings. The van der Waals surface area contributed by atoms with E-state index < -0.39 is 0 Å². The van der Waals surface area contributed by atoms with E-state index in [4.69, 9.17) is 22.7 Å². The van der Waals surface area contributed by atoms with Gasteiger partial charge >= 0.3 is 0 Å². The molecule has 1 aliphatic carbocycles. The number of hydrogen-bond donors (Lipinski definition) is 1. The zero-order chi connectivity index (χ0) is 9.97. The van der Waals surface area contributed by atoms with Crippen molar-refractivity contribution in [1.29, 1.82) is 0 Å². The first kappa shape index (κ1) is 10.5. The third-order valence-electron chi connectivity index (χ3n) is 3.22. The van der Waals surface area contributed by atoms with E-state index >= 15 is 0 Å². The SMILES string of the molecule is NC1CCC(N2CCOCC2)CC1=S. The number of thiocarbonyl (C=S) groups is 1. The second kappa shape index (κ2) is 4.66. The molecule has 14 heavy (non-hydrogen) atoms. The minimum atomic E-state index is 0.169. The van der Waals surface area contributed by atoms with Crippen LogP contribution in [-0.4, -0.2) is 48.2 Å². The van der Waals surface area contributed by atoms with Gasteiger partial charge in [0.1, 0.15) is 0 Å². The van der Waals surface area contributed by atoms with E-state index in [1.165, 1.54) is 6.42 Å². The quantitative estimate of drug-likeness (QED) is 0.648. The molecule has 0 bridgehead atoms. The highest BCUT2D eigenvalue weighted by Crippen LogP contribution is 2.21. The number of nitrogens with two attached hydrogens (primary N) is 1. The molecule has 2 atom stereocenters. The van der Waals surface area contributed by atoms with Crippen LogP contribution in [0.2, 0.25) is 0 Å². The Morgan fingerprint density at radius 3 is 2.64 bits per heavy atom. The molecule has 4 heteroatoms. The van der Waals surface area contributed by atoms with Crippen LogP contribution < -0.4 is 5.73 Å². The Kier molecular flexibility index (Phi) is 3.49. The summed E-state index contributed by atoms with van der Waals surface area (Å²) < 4.78 is 5.34. The van der Waals surface area contributed by atoms with E-state index in [-0.39, 0.29) is 6.04 Å². The van der Waals surface area contributed by atoms with Gasteiger partial charge in [-0.05, 0) is 19.3 Å². The summed E-state index contributed by atoms with van der Waals surface area (Å²) >= 11 is 5.29. The Labute approximate surface area is 90.6 Å². The summed E-state index contributed by atoms with van der Waals surface area (Å²) in [6.07, 6.45) is 3.26. The topological polar surface area (TPSA) is 38.5 Å². The Morgan fingerprint density at radius 2 is 2.00 bits per heavy atom. The van der Waals surface area contributed by atoms with E-state index in [0.29, 0.717) is 6.04 Å². The third kappa shape index (κ3) is 2.31. The number of nitrogens with zero attached hydrogens (tertiary/aromatic N) is 1. The lowest BCUT2D eigenvalue weighted by Gasteiger charge is -2.38. The monoisotopic (exact) mass is 214 g/mol. The maximum atomic E-state index is 5.89. The first-order valence-corrected chi connectivity index (χ1v) is 5.78. The smallest absolute Gasteiger partial charge is 0.0594 e. The van der Waals surface area contributed by atoms with Crippen LogP contribution in [0, 0.1) is 0 Å². The van der Waals surface area contributed by atoms with Crippen LogP contribution in [0.3, 0.4) is 0 Å². The predicted molar refractivity (Wildman–Crippen MR) is 60.6 cm³/mol. The fraction of sp³-hybridized carbons (Fsp3) is 0.900. The summed E-state index contributed by atoms with van der Waals surface area (Å²) in [5, 5.41) is 0. The van der Waals surface area contributed by atoms with Gasteiger partial charge in [0, 0.05) is 30.0 Å². The molecule has 2 rings (SSSR count). The average molecular weight is 214 g/mol. The standard InChI is InChI=1S/C10H18N2OS/c11-9-2-1-8(7-10(9)14)12-3-5-13-6-4-12/h8-9H,1-7,11H2. The van der Waals surface area contributed by atoms with Crippen molar-refractivity contribution in [2.75, 3.05) is 26.3 Å². The number of hydrogen-bond acceptors (Lipinski definition) is 4. The van der Waals surface area contributed by atoms with Crippen molar-refractivity contribution in [2.45, 2.75) is 31.3 Å². The fourth-order valence-corrected chi connectivity index (χ4v) is 2.58. The largest absolute Gasteiger partial charge is 0.379 e. The lowest BCUT2D eigenvalue weighted by molar-refractivity contribution is 0.0144. The first-order valence-electron chi connectivity index (χ1n) is 5.37. The minimum absolute atomic E-state index is 0.169. The molecule has 2 N–H and O–H groups in total. The van der Waals surface area contributed by atoms with Crippen LogP contribution in [0.1, 0.15) is 19.3 Å². The third-order valence-corrected chi connectivity index (χ3v) is 3.69. The second-order valence-corrected chi connectivity index (χ2v) is 4.68. The van der Waals surface area contributed by atoms with Crippen molar-refractivity contribution >= 4 is 17.1 Å². The number of morpholine rings is 1. The molecule has 1 aliphatic heterocycles. The van der Waals surface area contributed by atoms with E-state index in [9.17, 15) is 0 Å². The second-order valence-electron chi connectivity index (χ2n) is 4.16. The molecular weight excluding hydrogens is 196 g/mol. The van der Waals surface area contributed by atoms with Crippen molar-refractivity contribution in [3.8, 4) is 0 Å². The predicted octanol–water partition coefficient (Wildman–Crippen LogP) is 0.568. The van der Waals surface area contributed by atoms with Gasteiger partial charge in [-0.15, -0.1) is 0 Å². The van der Waals surface area contributed by atoms with Crippen LogP contribution in [0.25, 0.3) is 0 Å². The van der Waals surface area contributed by atoms with Crippen LogP contribution in [0.15, 0.2) is 0 Å². The van der Waals surface area contributed by atoms with Gasteiger partial charge in [-0.2, -0.15) is 0 Å². The first-order chi connectivity index (χ1) is 6.77. The lowest BCUT2D eigenvalue weighted by atomic mass is 9.90. The molecule has 1 saturated carbocycles. The lowest BCUT2D eigenvalue weighted by Crippen LogP contribution is -2.49. The Balaban J connectivity index is 1.88. The molecule has 0 aromatic heterocycles. The molecule has 0 radical (unpaired) electrons. The van der Waals surface area contributed by atoms with E-state index in [1.807, 2.05) is 0 Å². The highest BCUT2D eigenvalue weighted by Gasteiger charge is 2.28. The van der Waals surface area contributed by atoms with Crippen molar-refractivity contribution in [3.05, 3.63) is 0 Å². The highest BCUT2D eigenvalue weighted by atomic mass is 32.1. The Bertz CT molecular complexity index is 216. The van der Waals surface area contributed by atoms with Gasteiger partial charge in [-0.25, -0.2) is 0 Å². The molecule has 80 valence electrons. The molecule has 0 amide bonds. The van der Waals surface area contributed by atoms with Crippen LogP contribution >= 0.6 is 12.2 Å². The summed E-state index contributed by atoms with van der Waals surface area (Å²) in [6.45, 7) is 3.86. The van der Waals surface area contributed by atoms with Crippen LogP contribution in [0.5, 0.6) is 0 Å². The van der Waals surface area contributed by atoms with Gasteiger partial charge in [0.2, 0.25) is 0 Å². The normalized spacial score (nSPS) is 35.9. The van der Waals surface area contributed by atoms with Gasteiger partial charge in [0.15, 0.2) is 0 Å². The molecule has 0 aromatic carbocycles. The fourth-order valence-electron chi connectivity index (χ4n) is 2.27. The van der Waals surface area contributed by atoms with E-state index in [2.05, 4.69) is 4.90 Å². The van der Waals surface area contributed by atoms with Gasteiger partial charge in [0.25, 0.3) is 0 Å². The maximum absolute atomic E-state index is 5.89. The van der Waals surface area contributed by atoms with Crippen molar-refractivity contribution < 1.29 is 4.74 Å². The van der Waals surface area contributed by atoms with Crippen molar-refractivity contribution in [2.24, 2.45) is 5.73 Å². The van der Waals surface area contributed by atoms with Gasteiger partial charge < -0.3 is 10.5 Å². The van der Waals surface area contributed by atoms with Crippen molar-refractivity contribution in [3.63, 3.8) is 0 Å². The number of rotatable bonds is 1. The molecular formula is C10H18N2OS. The van der Waals surface area contributed by atoms with Gasteiger partial charge in [-0.3, -0.25) is 4.90 Å². The molecule has 1 heterocycles.